The van der Waals surface area contributed by atoms with Crippen LogP contribution in [0.5, 0.6) is 0 Å². The van der Waals surface area contributed by atoms with E-state index in [1.165, 1.54) is 36.3 Å². The SMILES string of the molecule is CCOP(=O)(CO[C@@H]1C=C[C@H](c2c[nH]c3c(=O)[nH]cnc23)N1C(=O)OC(C)(C)C)OCC.CCOP(=O)(CO[C@@H]1[C@@H](O)[C@@H](O)[C@H](c2c[nH]c3c(=O)[nH]cnc23)N1C(=O)OC(C)(C)C)OCC.CCOP(=O)(CO[C@H]1N[C@@H](c2c[nH]c3c(=O)[nH]cnc23)[C@H](O)[C@@H]1O)OCC.[O]=[Os](=[O])(=[O])=[O]. The molecule has 0 unspecified atom stereocenters. The molecule has 0 saturated carbocycles. The van der Waals surface area contributed by atoms with Crippen molar-refractivity contribution in [3.05, 3.63) is 97.5 Å². The number of aromatic nitrogens is 9. The van der Waals surface area contributed by atoms with Crippen LogP contribution in [-0.2, 0) is 93.5 Å². The number of nitrogens with zero attached hydrogens (tertiary/aromatic N) is 5. The molecule has 98 heavy (non-hydrogen) atoms. The van der Waals surface area contributed by atoms with Crippen molar-refractivity contribution in [1.82, 2.24) is 60.0 Å². The van der Waals surface area contributed by atoms with Gasteiger partial charge in [-0.2, -0.15) is 0 Å². The summed E-state index contributed by atoms with van der Waals surface area (Å²) in [6.07, 6.45) is -0.179. The zero-order chi connectivity index (χ0) is 72.9. The maximum atomic E-state index is 13.2. The molecule has 6 aromatic rings. The number of aliphatic hydroxyl groups excluding tert-OH is 4. The fourth-order valence-electron chi connectivity index (χ4n) is 10.1. The van der Waals surface area contributed by atoms with Crippen LogP contribution in [0, 0.1) is 0 Å². The van der Waals surface area contributed by atoms with Crippen molar-refractivity contribution in [1.29, 1.82) is 0 Å². The van der Waals surface area contributed by atoms with E-state index in [2.05, 4.69) is 50.2 Å². The van der Waals surface area contributed by atoms with Gasteiger partial charge in [0.15, 0.2) is 31.5 Å². The molecule has 3 aliphatic rings. The van der Waals surface area contributed by atoms with E-state index in [4.69, 9.17) is 65.0 Å². The molecule has 2 saturated heterocycles. The molecule has 0 spiro atoms. The number of hydrogen-bond donors (Lipinski definition) is 11. The molecular weight excluding hydrogens is 1540 g/mol. The Balaban J connectivity index is 0.000000225. The number of fused-ring (bicyclic) bond motifs is 3. The van der Waals surface area contributed by atoms with Gasteiger partial charge >= 0.3 is 64.0 Å². The molecule has 2 amide bonds. The molecule has 0 aliphatic carbocycles. The number of ether oxygens (including phenoxy) is 5. The van der Waals surface area contributed by atoms with E-state index in [9.17, 15) is 58.1 Å². The molecular formula is C55H83N12O27OsP3. The standard InChI is InChI=1S/C20H31N4O9P.C20H29N4O7P.C15H23N4O7P.4O.Os/c1-6-31-34(29,32-7-2)10-30-18-16(26)15(25)14(24(18)19(28)33-20(3,4)5)11-8-21-13-12(11)22-9-23-17(13)27;1-6-29-32(27,30-7-2)12-28-15-9-8-14(24(15)19(26)31-20(3,4)5)13-10-21-17-16(13)22-11-23-18(17)25;1-3-25-27(23,26-4-2)7-24-15-13(21)12(20)10(19-15)8-5-16-11-9(8)17-6-18-14(11)22;;;;;/h8-9,14-16,18,21,25-26H,6-7,10H2,1-5H3,(H,22,23,27);8-11,14-15,21H,6-7,12H2,1-5H3,(H,22,23,25);5-6,10,12-13,15-16,19-21H,3-4,7H2,1-2H3,(H,17,18,22);;;;;/t14-,15-,16-,18+;14-,15-;10-,12-,13-,15+;;;;;/m010...../s1. The summed E-state index contributed by atoms with van der Waals surface area (Å²) in [7, 11) is -10.7. The minimum absolute atomic E-state index is 0.0877. The Morgan fingerprint density at radius 2 is 0.867 bits per heavy atom. The number of hydrogen-bond acceptors (Lipinski definition) is 31. The van der Waals surface area contributed by atoms with Crippen molar-refractivity contribution in [2.75, 3.05) is 58.7 Å². The second-order valence-corrected chi connectivity index (χ2v) is 31.6. The number of carbonyl (C=O) groups is 2. The van der Waals surface area contributed by atoms with Gasteiger partial charge < -0.3 is 101 Å². The van der Waals surface area contributed by atoms with Crippen LogP contribution in [0.1, 0.15) is 118 Å². The molecule has 0 radical (unpaired) electrons. The number of carbonyl (C=O) groups excluding carboxylic acids is 2. The van der Waals surface area contributed by atoms with E-state index >= 15 is 0 Å². The van der Waals surface area contributed by atoms with Gasteiger partial charge in [0, 0.05) is 35.3 Å². The molecule has 6 aromatic heterocycles. The molecule has 9 rings (SSSR count). The molecule has 43 heteroatoms. The van der Waals surface area contributed by atoms with E-state index in [-0.39, 0.29) is 85.6 Å². The van der Waals surface area contributed by atoms with Crippen LogP contribution in [0.4, 0.5) is 9.59 Å². The zero-order valence-corrected chi connectivity index (χ0v) is 60.6. The van der Waals surface area contributed by atoms with Crippen molar-refractivity contribution < 1.29 is 124 Å². The molecule has 0 aromatic carbocycles. The molecule has 9 heterocycles. The van der Waals surface area contributed by atoms with Gasteiger partial charge in [-0.25, -0.2) is 24.5 Å². The predicted molar refractivity (Wildman–Crippen MR) is 335 cm³/mol. The van der Waals surface area contributed by atoms with Crippen LogP contribution < -0.4 is 22.0 Å². The molecule has 10 atom stereocenters. The normalized spacial score (nSPS) is 22.2. The molecule has 2 fully saturated rings. The second-order valence-electron chi connectivity index (χ2n) is 23.0. The van der Waals surface area contributed by atoms with E-state index in [1.54, 1.807) is 101 Å². The number of aliphatic hydroxyl groups is 4. The Labute approximate surface area is 560 Å². The maximum absolute atomic E-state index is 13.2. The zero-order valence-electron chi connectivity index (χ0n) is 55.4. The first-order chi connectivity index (χ1) is 45.9. The fourth-order valence-corrected chi connectivity index (χ4v) is 14.2. The number of aromatic amines is 6. The van der Waals surface area contributed by atoms with Crippen molar-refractivity contribution >= 4 is 68.1 Å². The monoisotopic (exact) mass is 1630 g/mol. The first-order valence-electron chi connectivity index (χ1n) is 30.3. The Hall–Kier alpha value is -6.49. The van der Waals surface area contributed by atoms with Crippen LogP contribution >= 0.6 is 22.8 Å². The summed E-state index contributed by atoms with van der Waals surface area (Å²) in [5.74, 6) is 0. The summed E-state index contributed by atoms with van der Waals surface area (Å²) < 4.78 is 132. The first-order valence-corrected chi connectivity index (χ1v) is 39.6. The van der Waals surface area contributed by atoms with E-state index in [1.807, 2.05) is 0 Å². The summed E-state index contributed by atoms with van der Waals surface area (Å²) in [5, 5.41) is 45.4. The molecule has 3 aliphatic heterocycles. The van der Waals surface area contributed by atoms with Crippen LogP contribution in [0.25, 0.3) is 33.1 Å². The van der Waals surface area contributed by atoms with Crippen molar-refractivity contribution in [3.63, 3.8) is 0 Å². The predicted octanol–water partition coefficient (Wildman–Crippen LogP) is 5.20. The number of likely N-dealkylation sites (tertiary alicyclic amines) is 1. The number of amides is 2. The van der Waals surface area contributed by atoms with Gasteiger partial charge in [-0.05, 0) is 89.2 Å². The third kappa shape index (κ3) is 20.8. The number of H-pyrrole nitrogens is 6. The van der Waals surface area contributed by atoms with Crippen LogP contribution in [0.15, 0.2) is 64.1 Å². The van der Waals surface area contributed by atoms with Crippen LogP contribution in [0.3, 0.4) is 0 Å². The summed E-state index contributed by atoms with van der Waals surface area (Å²) in [6.45, 7) is 21.2. The average molecular weight is 1630 g/mol. The van der Waals surface area contributed by atoms with Gasteiger partial charge in [-0.1, -0.05) is 6.08 Å². The van der Waals surface area contributed by atoms with Gasteiger partial charge in [0.25, 0.3) is 16.7 Å². The van der Waals surface area contributed by atoms with E-state index in [0.717, 1.165) is 4.90 Å². The second kappa shape index (κ2) is 34.2. The molecule has 11 N–H and O–H groups in total. The average Bonchev–Trinajstić information content (AvgIpc) is 1.61. The summed E-state index contributed by atoms with van der Waals surface area (Å²) >= 11 is -6.06. The fraction of sp³-hybridized carbons (Fsp3) is 0.600. The van der Waals surface area contributed by atoms with E-state index in [0.29, 0.717) is 27.7 Å². The first kappa shape index (κ1) is 80.5. The minimum atomic E-state index is -6.06. The van der Waals surface area contributed by atoms with Crippen LogP contribution in [0.2, 0.25) is 0 Å². The summed E-state index contributed by atoms with van der Waals surface area (Å²) in [4.78, 5) is 93.1. The van der Waals surface area contributed by atoms with Crippen LogP contribution in [-0.4, -0.2) is 200 Å². The Kier molecular flexibility index (Phi) is 28.1. The number of rotatable bonds is 24. The topological polar surface area (TPSA) is 539 Å². The van der Waals surface area contributed by atoms with E-state index < -0.39 is 134 Å². The Morgan fingerprint density at radius 3 is 1.29 bits per heavy atom. The van der Waals surface area contributed by atoms with Crippen molar-refractivity contribution in [3.8, 4) is 0 Å². The third-order valence-electron chi connectivity index (χ3n) is 13.8. The van der Waals surface area contributed by atoms with Crippen molar-refractivity contribution in [2.24, 2.45) is 0 Å². The van der Waals surface area contributed by atoms with Gasteiger partial charge in [0.1, 0.15) is 74.9 Å². The van der Waals surface area contributed by atoms with Gasteiger partial charge in [0.05, 0.1) is 76.7 Å². The summed E-state index contributed by atoms with van der Waals surface area (Å²) in [6, 6.07) is -2.57. The molecule has 39 nitrogen and oxygen atoms in total. The molecule has 0 bridgehead atoms. The summed E-state index contributed by atoms with van der Waals surface area (Å²) in [5.41, 5.74) is 0.261. The van der Waals surface area contributed by atoms with Gasteiger partial charge in [-0.3, -0.25) is 43.2 Å². The molecule has 548 valence electrons. The number of nitrogens with one attached hydrogen (secondary N) is 7. The third-order valence-corrected chi connectivity index (χ3v) is 19.1. The Morgan fingerprint density at radius 1 is 0.500 bits per heavy atom. The quantitative estimate of drug-likeness (QED) is 0.0274. The van der Waals surface area contributed by atoms with Gasteiger partial charge in [0.2, 0.25) is 0 Å². The Bertz CT molecular complexity index is 4260. The van der Waals surface area contributed by atoms with Crippen molar-refractivity contribution in [2.45, 2.75) is 156 Å². The van der Waals surface area contributed by atoms with Gasteiger partial charge in [-0.15, -0.1) is 0 Å².